The molecule has 0 bridgehead atoms. The van der Waals surface area contributed by atoms with Gasteiger partial charge in [0, 0.05) is 31.4 Å². The van der Waals surface area contributed by atoms with Crippen LogP contribution in [0.4, 0.5) is 0 Å². The molecule has 2 unspecified atom stereocenters. The van der Waals surface area contributed by atoms with Crippen LogP contribution >= 0.6 is 11.8 Å². The fourth-order valence-electron chi connectivity index (χ4n) is 3.10. The molecule has 0 spiro atoms. The third-order valence-electron chi connectivity index (χ3n) is 4.42. The Kier molecular flexibility index (Phi) is 7.74. The number of hydrogen-bond acceptors (Lipinski definition) is 3. The first-order chi connectivity index (χ1) is 9.54. The third kappa shape index (κ3) is 5.17. The highest BCUT2D eigenvalue weighted by Crippen LogP contribution is 2.35. The number of thioether (sulfide) groups is 1. The Labute approximate surface area is 129 Å². The average molecular weight is 301 g/mol. The molecule has 1 aliphatic carbocycles. The SMILES string of the molecule is CN=C(NCCSC)NCC1(N(C)C)CCCC(C)C1. The number of guanidine groups is 1. The first-order valence-corrected chi connectivity index (χ1v) is 9.04. The second-order valence-corrected chi connectivity index (χ2v) is 7.15. The van der Waals surface area contributed by atoms with Gasteiger partial charge in [0.1, 0.15) is 0 Å². The van der Waals surface area contributed by atoms with Crippen LogP contribution in [-0.2, 0) is 0 Å². The monoisotopic (exact) mass is 300 g/mol. The summed E-state index contributed by atoms with van der Waals surface area (Å²) in [6.45, 7) is 4.32. The van der Waals surface area contributed by atoms with E-state index in [1.165, 1.54) is 25.7 Å². The lowest BCUT2D eigenvalue weighted by molar-refractivity contribution is 0.0796. The number of aliphatic imine (C=N–C) groups is 1. The van der Waals surface area contributed by atoms with Gasteiger partial charge in [-0.1, -0.05) is 19.8 Å². The van der Waals surface area contributed by atoms with Crippen LogP contribution in [0.25, 0.3) is 0 Å². The summed E-state index contributed by atoms with van der Waals surface area (Å²) < 4.78 is 0. The van der Waals surface area contributed by atoms with Crippen molar-refractivity contribution in [2.75, 3.05) is 46.2 Å². The molecule has 118 valence electrons. The first kappa shape index (κ1) is 17.6. The number of nitrogens with zero attached hydrogens (tertiary/aromatic N) is 2. The van der Waals surface area contributed by atoms with E-state index in [-0.39, 0.29) is 5.54 Å². The van der Waals surface area contributed by atoms with Crippen molar-refractivity contribution in [3.8, 4) is 0 Å². The van der Waals surface area contributed by atoms with Crippen molar-refractivity contribution in [3.63, 3.8) is 0 Å². The minimum absolute atomic E-state index is 0.273. The molecule has 0 amide bonds. The van der Waals surface area contributed by atoms with Gasteiger partial charge in [-0.05, 0) is 39.1 Å². The van der Waals surface area contributed by atoms with Crippen LogP contribution in [0.2, 0.25) is 0 Å². The van der Waals surface area contributed by atoms with Crippen LogP contribution in [0.15, 0.2) is 4.99 Å². The first-order valence-electron chi connectivity index (χ1n) is 7.65. The molecule has 5 heteroatoms. The second kappa shape index (κ2) is 8.78. The summed E-state index contributed by atoms with van der Waals surface area (Å²) in [6.07, 6.45) is 7.38. The molecule has 1 rings (SSSR count). The van der Waals surface area contributed by atoms with Gasteiger partial charge in [0.25, 0.3) is 0 Å². The van der Waals surface area contributed by atoms with Gasteiger partial charge in [-0.2, -0.15) is 11.8 Å². The number of rotatable bonds is 6. The van der Waals surface area contributed by atoms with E-state index < -0.39 is 0 Å². The van der Waals surface area contributed by atoms with Crippen LogP contribution in [0.5, 0.6) is 0 Å². The molecule has 2 N–H and O–H groups in total. The summed E-state index contributed by atoms with van der Waals surface area (Å²) in [5.41, 5.74) is 0.273. The summed E-state index contributed by atoms with van der Waals surface area (Å²) in [7, 11) is 6.27. The molecule has 0 heterocycles. The lowest BCUT2D eigenvalue weighted by Crippen LogP contribution is -2.56. The topological polar surface area (TPSA) is 39.7 Å². The minimum Gasteiger partial charge on any atom is -0.356 e. The molecule has 1 saturated carbocycles. The molecule has 0 aliphatic heterocycles. The lowest BCUT2D eigenvalue weighted by Gasteiger charge is -2.45. The average Bonchev–Trinajstić information content (AvgIpc) is 2.42. The van der Waals surface area contributed by atoms with Gasteiger partial charge in [-0.3, -0.25) is 4.99 Å². The van der Waals surface area contributed by atoms with Gasteiger partial charge < -0.3 is 15.5 Å². The van der Waals surface area contributed by atoms with Crippen LogP contribution in [0, 0.1) is 5.92 Å². The Morgan fingerprint density at radius 1 is 1.40 bits per heavy atom. The van der Waals surface area contributed by atoms with Gasteiger partial charge in [0.2, 0.25) is 0 Å². The highest BCUT2D eigenvalue weighted by molar-refractivity contribution is 7.98. The van der Waals surface area contributed by atoms with Crippen molar-refractivity contribution >= 4 is 17.7 Å². The predicted octanol–water partition coefficient (Wildman–Crippen LogP) is 2.02. The molecule has 1 aliphatic rings. The van der Waals surface area contributed by atoms with Gasteiger partial charge in [0.05, 0.1) is 0 Å². The summed E-state index contributed by atoms with van der Waals surface area (Å²) in [6, 6.07) is 0. The molecule has 0 aromatic carbocycles. The van der Waals surface area contributed by atoms with E-state index >= 15 is 0 Å². The maximum Gasteiger partial charge on any atom is 0.191 e. The van der Waals surface area contributed by atoms with Crippen LogP contribution in [0.3, 0.4) is 0 Å². The van der Waals surface area contributed by atoms with Crippen molar-refractivity contribution in [1.29, 1.82) is 0 Å². The Morgan fingerprint density at radius 3 is 2.70 bits per heavy atom. The fourth-order valence-corrected chi connectivity index (χ4v) is 3.40. The van der Waals surface area contributed by atoms with Crippen molar-refractivity contribution < 1.29 is 0 Å². The van der Waals surface area contributed by atoms with Gasteiger partial charge >= 0.3 is 0 Å². The molecule has 0 aromatic rings. The predicted molar refractivity (Wildman–Crippen MR) is 91.8 cm³/mol. The summed E-state index contributed by atoms with van der Waals surface area (Å²) in [4.78, 5) is 6.73. The molecule has 1 fully saturated rings. The van der Waals surface area contributed by atoms with E-state index in [1.54, 1.807) is 0 Å². The summed E-state index contributed by atoms with van der Waals surface area (Å²) >= 11 is 1.85. The number of hydrogen-bond donors (Lipinski definition) is 2. The van der Waals surface area contributed by atoms with Gasteiger partial charge in [0.15, 0.2) is 5.96 Å². The van der Waals surface area contributed by atoms with E-state index in [1.807, 2.05) is 18.8 Å². The van der Waals surface area contributed by atoms with E-state index in [9.17, 15) is 0 Å². The number of likely N-dealkylation sites (N-methyl/N-ethyl adjacent to an activating group) is 1. The summed E-state index contributed by atoms with van der Waals surface area (Å²) in [5.74, 6) is 2.86. The Balaban J connectivity index is 2.53. The molecule has 4 nitrogen and oxygen atoms in total. The van der Waals surface area contributed by atoms with Crippen LogP contribution in [-0.4, -0.2) is 62.6 Å². The maximum absolute atomic E-state index is 4.32. The van der Waals surface area contributed by atoms with Crippen molar-refractivity contribution in [1.82, 2.24) is 15.5 Å². The third-order valence-corrected chi connectivity index (χ3v) is 5.04. The molecule has 0 saturated heterocycles. The Hall–Kier alpha value is -0.420. The standard InChI is InChI=1S/C15H32N4S/c1-13-7-6-8-15(11-13,19(3)4)12-18-14(16-2)17-9-10-20-5/h13H,6-12H2,1-5H3,(H2,16,17,18). The Morgan fingerprint density at radius 2 is 2.15 bits per heavy atom. The number of nitrogens with one attached hydrogen (secondary N) is 2. The molecular weight excluding hydrogens is 268 g/mol. The molecule has 2 atom stereocenters. The highest BCUT2D eigenvalue weighted by atomic mass is 32.2. The minimum atomic E-state index is 0.273. The van der Waals surface area contributed by atoms with Crippen molar-refractivity contribution in [2.45, 2.75) is 38.1 Å². The van der Waals surface area contributed by atoms with Crippen LogP contribution in [0.1, 0.15) is 32.6 Å². The fraction of sp³-hybridized carbons (Fsp3) is 0.933. The zero-order valence-corrected chi connectivity index (χ0v) is 14.6. The smallest absolute Gasteiger partial charge is 0.191 e. The van der Waals surface area contributed by atoms with E-state index in [0.29, 0.717) is 0 Å². The Bertz CT molecular complexity index is 306. The normalized spacial score (nSPS) is 27.7. The molecule has 20 heavy (non-hydrogen) atoms. The molecule has 0 radical (unpaired) electrons. The second-order valence-electron chi connectivity index (χ2n) is 6.17. The van der Waals surface area contributed by atoms with Crippen molar-refractivity contribution in [2.24, 2.45) is 10.9 Å². The summed E-state index contributed by atoms with van der Waals surface area (Å²) in [5, 5.41) is 6.91. The maximum atomic E-state index is 4.32. The molecule has 0 aromatic heterocycles. The van der Waals surface area contributed by atoms with E-state index in [4.69, 9.17) is 0 Å². The lowest BCUT2D eigenvalue weighted by atomic mass is 9.75. The largest absolute Gasteiger partial charge is 0.356 e. The van der Waals surface area contributed by atoms with E-state index in [0.717, 1.165) is 30.7 Å². The highest BCUT2D eigenvalue weighted by Gasteiger charge is 2.36. The quantitative estimate of drug-likeness (QED) is 0.447. The van der Waals surface area contributed by atoms with E-state index in [2.05, 4.69) is 47.8 Å². The zero-order chi connectivity index (χ0) is 15.0. The molecular formula is C15H32N4S. The van der Waals surface area contributed by atoms with Gasteiger partial charge in [-0.15, -0.1) is 0 Å². The van der Waals surface area contributed by atoms with Crippen LogP contribution < -0.4 is 10.6 Å². The zero-order valence-electron chi connectivity index (χ0n) is 13.8. The van der Waals surface area contributed by atoms with Gasteiger partial charge in [-0.25, -0.2) is 0 Å². The van der Waals surface area contributed by atoms with Crippen molar-refractivity contribution in [3.05, 3.63) is 0 Å².